The Hall–Kier alpha value is -1.55. The second-order valence-electron chi connectivity index (χ2n) is 6.13. The Morgan fingerprint density at radius 3 is 2.86 bits per heavy atom. The Kier molecular flexibility index (Phi) is 4.88. The second kappa shape index (κ2) is 6.48. The maximum absolute atomic E-state index is 11.3. The number of aliphatic carboxylic acids is 1. The van der Waals surface area contributed by atoms with Crippen molar-refractivity contribution in [1.82, 2.24) is 0 Å². The fraction of sp³-hybridized carbons (Fsp3) is 0.588. The number of hydrogen-bond acceptors (Lipinski definition) is 3. The number of fused-ring (bicyclic) bond motifs is 1. The van der Waals surface area contributed by atoms with Gasteiger partial charge in [-0.15, -0.1) is 0 Å². The number of benzene rings is 1. The van der Waals surface area contributed by atoms with Crippen molar-refractivity contribution >= 4 is 11.7 Å². The van der Waals surface area contributed by atoms with Crippen LogP contribution < -0.4 is 10.6 Å². The predicted molar refractivity (Wildman–Crippen MR) is 85.7 cm³/mol. The van der Waals surface area contributed by atoms with Crippen LogP contribution in [0.5, 0.6) is 0 Å². The fourth-order valence-electron chi connectivity index (χ4n) is 3.10. The topological polar surface area (TPSA) is 66.6 Å². The predicted octanol–water partition coefficient (Wildman–Crippen LogP) is 2.80. The van der Waals surface area contributed by atoms with Gasteiger partial charge in [0.05, 0.1) is 0 Å². The number of hydrogen-bond donors (Lipinski definition) is 2. The van der Waals surface area contributed by atoms with Crippen molar-refractivity contribution in [2.24, 2.45) is 5.73 Å². The summed E-state index contributed by atoms with van der Waals surface area (Å²) in [5, 5.41) is 9.24. The summed E-state index contributed by atoms with van der Waals surface area (Å²) >= 11 is 0. The Bertz CT molecular complexity index is 503. The van der Waals surface area contributed by atoms with Crippen LogP contribution >= 0.6 is 0 Å². The molecule has 1 aliphatic heterocycles. The molecule has 1 aliphatic rings. The number of para-hydroxylation sites is 1. The lowest BCUT2D eigenvalue weighted by Gasteiger charge is -2.37. The van der Waals surface area contributed by atoms with Crippen molar-refractivity contribution < 1.29 is 9.90 Å². The number of nitrogens with two attached hydrogens (primary N) is 1. The molecule has 4 heteroatoms. The van der Waals surface area contributed by atoms with E-state index in [1.807, 2.05) is 6.92 Å². The standard InChI is InChI=1S/C17H26N2O2/c1-3-17(18,16(20)21)11-6-12-19-13(2)9-10-14-7-4-5-8-15(14)19/h4-5,7-8,13H,3,6,9-12,18H2,1-2H3,(H,20,21). The molecular formula is C17H26N2O2. The van der Waals surface area contributed by atoms with E-state index in [0.717, 1.165) is 25.8 Å². The van der Waals surface area contributed by atoms with Gasteiger partial charge in [0.1, 0.15) is 5.54 Å². The molecule has 1 aromatic carbocycles. The number of carboxylic acids is 1. The zero-order valence-corrected chi connectivity index (χ0v) is 13.0. The molecule has 0 spiro atoms. The molecule has 1 aromatic rings. The van der Waals surface area contributed by atoms with E-state index < -0.39 is 11.5 Å². The molecule has 0 saturated heterocycles. The first-order valence-corrected chi connectivity index (χ1v) is 7.85. The molecule has 0 aromatic heterocycles. The van der Waals surface area contributed by atoms with Gasteiger partial charge in [0.15, 0.2) is 0 Å². The molecule has 4 nitrogen and oxygen atoms in total. The summed E-state index contributed by atoms with van der Waals surface area (Å²) in [6, 6.07) is 9.00. The van der Waals surface area contributed by atoms with Crippen LogP contribution in [-0.2, 0) is 11.2 Å². The van der Waals surface area contributed by atoms with E-state index in [9.17, 15) is 9.90 Å². The second-order valence-corrected chi connectivity index (χ2v) is 6.13. The zero-order chi connectivity index (χ0) is 15.5. The van der Waals surface area contributed by atoms with Crippen LogP contribution in [0, 0.1) is 0 Å². The molecule has 2 atom stereocenters. The van der Waals surface area contributed by atoms with Crippen LogP contribution in [0.15, 0.2) is 24.3 Å². The minimum Gasteiger partial charge on any atom is -0.480 e. The molecule has 0 saturated carbocycles. The van der Waals surface area contributed by atoms with Gasteiger partial charge in [0.25, 0.3) is 0 Å². The van der Waals surface area contributed by atoms with E-state index in [2.05, 4.69) is 36.1 Å². The molecule has 2 unspecified atom stereocenters. The van der Waals surface area contributed by atoms with Gasteiger partial charge in [-0.25, -0.2) is 0 Å². The van der Waals surface area contributed by atoms with Gasteiger partial charge >= 0.3 is 5.97 Å². The van der Waals surface area contributed by atoms with Gasteiger partial charge in [-0.05, 0) is 50.7 Å². The number of nitrogens with zero attached hydrogens (tertiary/aromatic N) is 1. The van der Waals surface area contributed by atoms with Crippen LogP contribution in [0.4, 0.5) is 5.69 Å². The molecule has 116 valence electrons. The minimum atomic E-state index is -1.08. The summed E-state index contributed by atoms with van der Waals surface area (Å²) in [4.78, 5) is 13.7. The number of anilines is 1. The normalized spacial score (nSPS) is 20.7. The third kappa shape index (κ3) is 3.38. The summed E-state index contributed by atoms with van der Waals surface area (Å²) in [7, 11) is 0. The maximum Gasteiger partial charge on any atom is 0.323 e. The first-order chi connectivity index (χ1) is 9.98. The number of carboxylic acid groups (broad SMARTS) is 1. The summed E-state index contributed by atoms with van der Waals surface area (Å²) in [5.41, 5.74) is 7.57. The largest absolute Gasteiger partial charge is 0.480 e. The van der Waals surface area contributed by atoms with E-state index in [0.29, 0.717) is 18.9 Å². The van der Waals surface area contributed by atoms with Gasteiger partial charge in [0, 0.05) is 18.3 Å². The Balaban J connectivity index is 2.02. The number of carbonyl (C=O) groups is 1. The van der Waals surface area contributed by atoms with E-state index in [-0.39, 0.29) is 0 Å². The van der Waals surface area contributed by atoms with Crippen molar-refractivity contribution in [2.75, 3.05) is 11.4 Å². The molecule has 0 radical (unpaired) electrons. The molecule has 0 amide bonds. The van der Waals surface area contributed by atoms with Crippen LogP contribution in [0.3, 0.4) is 0 Å². The molecule has 21 heavy (non-hydrogen) atoms. The molecule has 0 bridgehead atoms. The third-order valence-corrected chi connectivity index (χ3v) is 4.74. The van der Waals surface area contributed by atoms with Gasteiger partial charge in [0.2, 0.25) is 0 Å². The van der Waals surface area contributed by atoms with Gasteiger partial charge in [-0.1, -0.05) is 25.1 Å². The highest BCUT2D eigenvalue weighted by molar-refractivity contribution is 5.78. The Morgan fingerprint density at radius 1 is 1.48 bits per heavy atom. The Labute approximate surface area is 126 Å². The first-order valence-electron chi connectivity index (χ1n) is 7.85. The number of rotatable bonds is 6. The average Bonchev–Trinajstić information content (AvgIpc) is 2.49. The van der Waals surface area contributed by atoms with E-state index in [1.165, 1.54) is 11.3 Å². The summed E-state index contributed by atoms with van der Waals surface area (Å²) in [5.74, 6) is -0.892. The molecule has 2 rings (SSSR count). The van der Waals surface area contributed by atoms with Gasteiger partial charge in [-0.3, -0.25) is 4.79 Å². The van der Waals surface area contributed by atoms with Crippen LogP contribution in [0.25, 0.3) is 0 Å². The molecule has 0 aliphatic carbocycles. The molecule has 0 fully saturated rings. The van der Waals surface area contributed by atoms with E-state index in [4.69, 9.17) is 5.73 Å². The van der Waals surface area contributed by atoms with Crippen molar-refractivity contribution in [2.45, 2.75) is 57.5 Å². The smallest absolute Gasteiger partial charge is 0.323 e. The lowest BCUT2D eigenvalue weighted by Crippen LogP contribution is -2.48. The molecular weight excluding hydrogens is 264 g/mol. The molecule has 3 N–H and O–H groups in total. The summed E-state index contributed by atoms with van der Waals surface area (Å²) in [6.45, 7) is 4.94. The minimum absolute atomic E-state index is 0.467. The fourth-order valence-corrected chi connectivity index (χ4v) is 3.10. The average molecular weight is 290 g/mol. The van der Waals surface area contributed by atoms with Crippen molar-refractivity contribution in [3.05, 3.63) is 29.8 Å². The van der Waals surface area contributed by atoms with Gasteiger partial charge < -0.3 is 15.7 Å². The highest BCUT2D eigenvalue weighted by atomic mass is 16.4. The zero-order valence-electron chi connectivity index (χ0n) is 13.0. The van der Waals surface area contributed by atoms with Crippen molar-refractivity contribution in [3.63, 3.8) is 0 Å². The first kappa shape index (κ1) is 15.8. The van der Waals surface area contributed by atoms with Crippen molar-refractivity contribution in [1.29, 1.82) is 0 Å². The van der Waals surface area contributed by atoms with Crippen molar-refractivity contribution in [3.8, 4) is 0 Å². The quantitative estimate of drug-likeness (QED) is 0.845. The summed E-state index contributed by atoms with van der Waals surface area (Å²) < 4.78 is 0. The maximum atomic E-state index is 11.3. The lowest BCUT2D eigenvalue weighted by molar-refractivity contribution is -0.143. The third-order valence-electron chi connectivity index (χ3n) is 4.74. The Morgan fingerprint density at radius 2 is 2.19 bits per heavy atom. The lowest BCUT2D eigenvalue weighted by atomic mass is 9.91. The summed E-state index contributed by atoms with van der Waals surface area (Å²) in [6.07, 6.45) is 4.06. The monoisotopic (exact) mass is 290 g/mol. The highest BCUT2D eigenvalue weighted by Gasteiger charge is 2.32. The number of aryl methyl sites for hydroxylation is 1. The van der Waals surface area contributed by atoms with E-state index in [1.54, 1.807) is 0 Å². The van der Waals surface area contributed by atoms with E-state index >= 15 is 0 Å². The van der Waals surface area contributed by atoms with Crippen LogP contribution in [0.2, 0.25) is 0 Å². The highest BCUT2D eigenvalue weighted by Crippen LogP contribution is 2.31. The van der Waals surface area contributed by atoms with Gasteiger partial charge in [-0.2, -0.15) is 0 Å². The van der Waals surface area contributed by atoms with Crippen LogP contribution in [-0.4, -0.2) is 29.2 Å². The van der Waals surface area contributed by atoms with Crippen LogP contribution in [0.1, 0.15) is 45.1 Å². The molecule has 1 heterocycles. The SMILES string of the molecule is CCC(N)(CCCN1c2ccccc2CCC1C)C(=O)O.